The zero-order valence-electron chi connectivity index (χ0n) is 11.5. The van der Waals surface area contributed by atoms with Crippen molar-refractivity contribution in [2.45, 2.75) is 12.7 Å². The molecule has 0 aliphatic carbocycles. The normalized spacial score (nSPS) is 10.4. The molecule has 0 aliphatic heterocycles. The number of hydrogen-bond donors (Lipinski definition) is 1. The second-order valence-corrected chi connectivity index (χ2v) is 7.39. The molecule has 0 spiro atoms. The fourth-order valence-electron chi connectivity index (χ4n) is 1.81. The number of thioether (sulfide) groups is 1. The van der Waals surface area contributed by atoms with E-state index >= 15 is 0 Å². The Morgan fingerprint density at radius 1 is 1.19 bits per heavy atom. The Balaban J connectivity index is 1.81. The molecule has 2 nitrogen and oxygen atoms in total. The molecule has 0 radical (unpaired) electrons. The monoisotopic (exact) mass is 427 g/mol. The summed E-state index contributed by atoms with van der Waals surface area (Å²) < 4.78 is 2.11. The Kier molecular flexibility index (Phi) is 6.33. The highest BCUT2D eigenvalue weighted by molar-refractivity contribution is 9.10. The maximum absolute atomic E-state index is 11.9. The van der Waals surface area contributed by atoms with E-state index in [0.717, 1.165) is 25.9 Å². The van der Waals surface area contributed by atoms with Gasteiger partial charge in [0, 0.05) is 20.4 Å². The minimum absolute atomic E-state index is 0.0247. The minimum Gasteiger partial charge on any atom is -0.325 e. The van der Waals surface area contributed by atoms with E-state index in [1.165, 1.54) is 5.56 Å². The molecular formula is C16H15Br2NOS. The Morgan fingerprint density at radius 3 is 2.71 bits per heavy atom. The molecule has 0 atom stereocenters. The van der Waals surface area contributed by atoms with Gasteiger partial charge in [0.2, 0.25) is 5.91 Å². The van der Waals surface area contributed by atoms with Gasteiger partial charge in [-0.15, -0.1) is 11.8 Å². The molecule has 0 unspecified atom stereocenters. The molecular weight excluding hydrogens is 414 g/mol. The summed E-state index contributed by atoms with van der Waals surface area (Å²) in [6.07, 6.45) is 0. The Hall–Kier alpha value is -0.780. The number of benzene rings is 2. The van der Waals surface area contributed by atoms with Crippen LogP contribution in [-0.4, -0.2) is 11.7 Å². The van der Waals surface area contributed by atoms with Crippen molar-refractivity contribution in [3.63, 3.8) is 0 Å². The maximum atomic E-state index is 11.9. The summed E-state index contributed by atoms with van der Waals surface area (Å²) >= 11 is 8.50. The quantitative estimate of drug-likeness (QED) is 0.691. The van der Waals surface area contributed by atoms with Crippen LogP contribution in [0, 0.1) is 6.92 Å². The van der Waals surface area contributed by atoms with Crippen molar-refractivity contribution in [1.29, 1.82) is 0 Å². The first-order chi connectivity index (χ1) is 10.0. The van der Waals surface area contributed by atoms with Gasteiger partial charge in [-0.2, -0.15) is 0 Å². The van der Waals surface area contributed by atoms with Gasteiger partial charge in [0.25, 0.3) is 0 Å². The van der Waals surface area contributed by atoms with E-state index in [9.17, 15) is 4.79 Å². The van der Waals surface area contributed by atoms with Crippen molar-refractivity contribution in [2.75, 3.05) is 11.1 Å². The number of amides is 1. The van der Waals surface area contributed by atoms with Gasteiger partial charge in [-0.1, -0.05) is 44.0 Å². The average Bonchev–Trinajstić information content (AvgIpc) is 2.43. The van der Waals surface area contributed by atoms with Crippen LogP contribution >= 0.6 is 43.6 Å². The topological polar surface area (TPSA) is 29.1 Å². The molecule has 1 N–H and O–H groups in total. The van der Waals surface area contributed by atoms with Crippen LogP contribution in [0.3, 0.4) is 0 Å². The molecule has 0 fully saturated rings. The largest absolute Gasteiger partial charge is 0.325 e. The summed E-state index contributed by atoms with van der Waals surface area (Å²) in [7, 11) is 0. The minimum atomic E-state index is 0.0247. The van der Waals surface area contributed by atoms with Gasteiger partial charge in [-0.05, 0) is 48.4 Å². The van der Waals surface area contributed by atoms with Gasteiger partial charge >= 0.3 is 0 Å². The van der Waals surface area contributed by atoms with Gasteiger partial charge in [0.05, 0.1) is 5.75 Å². The van der Waals surface area contributed by atoms with Gasteiger partial charge in [0.15, 0.2) is 0 Å². The zero-order chi connectivity index (χ0) is 15.2. The fraction of sp³-hybridized carbons (Fsp3) is 0.188. The molecule has 0 aromatic heterocycles. The highest BCUT2D eigenvalue weighted by Gasteiger charge is 2.04. The second-order valence-electron chi connectivity index (χ2n) is 4.63. The SMILES string of the molecule is Cc1cc(NC(=O)CSCc2cccc(Br)c2)ccc1Br. The van der Waals surface area contributed by atoms with Crippen LogP contribution in [0.5, 0.6) is 0 Å². The van der Waals surface area contributed by atoms with Gasteiger partial charge in [-0.25, -0.2) is 0 Å². The summed E-state index contributed by atoms with van der Waals surface area (Å²) in [5.41, 5.74) is 3.15. The number of aryl methyl sites for hydroxylation is 1. The highest BCUT2D eigenvalue weighted by atomic mass is 79.9. The third kappa shape index (κ3) is 5.49. The van der Waals surface area contributed by atoms with E-state index in [2.05, 4.69) is 49.3 Å². The third-order valence-electron chi connectivity index (χ3n) is 2.83. The lowest BCUT2D eigenvalue weighted by molar-refractivity contribution is -0.113. The first kappa shape index (κ1) is 16.6. The lowest BCUT2D eigenvalue weighted by atomic mass is 10.2. The van der Waals surface area contributed by atoms with Crippen LogP contribution < -0.4 is 5.32 Å². The molecule has 110 valence electrons. The number of halogens is 2. The third-order valence-corrected chi connectivity index (χ3v) is 5.22. The fourth-order valence-corrected chi connectivity index (χ4v) is 3.28. The Labute approximate surface area is 146 Å². The lowest BCUT2D eigenvalue weighted by Gasteiger charge is -2.07. The van der Waals surface area contributed by atoms with Gasteiger partial charge < -0.3 is 5.32 Å². The number of nitrogens with one attached hydrogen (secondary N) is 1. The van der Waals surface area contributed by atoms with Crippen molar-refractivity contribution < 1.29 is 4.79 Å². The van der Waals surface area contributed by atoms with E-state index in [1.54, 1.807) is 11.8 Å². The van der Waals surface area contributed by atoms with Crippen molar-refractivity contribution in [3.8, 4) is 0 Å². The van der Waals surface area contributed by atoms with Crippen molar-refractivity contribution >= 4 is 55.2 Å². The molecule has 0 heterocycles. The van der Waals surface area contributed by atoms with Gasteiger partial charge in [-0.3, -0.25) is 4.79 Å². The Morgan fingerprint density at radius 2 is 2.00 bits per heavy atom. The first-order valence-electron chi connectivity index (χ1n) is 6.43. The van der Waals surface area contributed by atoms with E-state index in [0.29, 0.717) is 5.75 Å². The van der Waals surface area contributed by atoms with E-state index in [4.69, 9.17) is 0 Å². The van der Waals surface area contributed by atoms with Crippen LogP contribution in [0.25, 0.3) is 0 Å². The van der Waals surface area contributed by atoms with Crippen LogP contribution in [0.2, 0.25) is 0 Å². The average molecular weight is 429 g/mol. The summed E-state index contributed by atoms with van der Waals surface area (Å²) in [6.45, 7) is 2.00. The summed E-state index contributed by atoms with van der Waals surface area (Å²) in [5.74, 6) is 1.30. The molecule has 0 saturated carbocycles. The summed E-state index contributed by atoms with van der Waals surface area (Å²) in [5, 5.41) is 2.92. The van der Waals surface area contributed by atoms with Crippen molar-refractivity contribution in [1.82, 2.24) is 0 Å². The van der Waals surface area contributed by atoms with E-state index < -0.39 is 0 Å². The summed E-state index contributed by atoms with van der Waals surface area (Å²) in [4.78, 5) is 11.9. The maximum Gasteiger partial charge on any atom is 0.234 e. The highest BCUT2D eigenvalue weighted by Crippen LogP contribution is 2.21. The standard InChI is InChI=1S/C16H15Br2NOS/c1-11-7-14(5-6-15(11)18)19-16(20)10-21-9-12-3-2-4-13(17)8-12/h2-8H,9-10H2,1H3,(H,19,20). The van der Waals surface area contributed by atoms with Crippen LogP contribution in [-0.2, 0) is 10.5 Å². The Bertz CT molecular complexity index is 646. The number of rotatable bonds is 5. The summed E-state index contributed by atoms with van der Waals surface area (Å²) in [6, 6.07) is 13.9. The smallest absolute Gasteiger partial charge is 0.234 e. The van der Waals surface area contributed by atoms with Crippen LogP contribution in [0.4, 0.5) is 5.69 Å². The molecule has 2 aromatic rings. The molecule has 0 saturated heterocycles. The van der Waals surface area contributed by atoms with E-state index in [1.807, 2.05) is 37.3 Å². The molecule has 21 heavy (non-hydrogen) atoms. The molecule has 0 bridgehead atoms. The number of carbonyl (C=O) groups excluding carboxylic acids is 1. The van der Waals surface area contributed by atoms with Crippen molar-refractivity contribution in [2.24, 2.45) is 0 Å². The van der Waals surface area contributed by atoms with Crippen LogP contribution in [0.15, 0.2) is 51.4 Å². The molecule has 1 amide bonds. The predicted octanol–water partition coefficient (Wildman–Crippen LogP) is 5.39. The number of carbonyl (C=O) groups is 1. The zero-order valence-corrected chi connectivity index (χ0v) is 15.5. The lowest BCUT2D eigenvalue weighted by Crippen LogP contribution is -2.14. The van der Waals surface area contributed by atoms with Gasteiger partial charge in [0.1, 0.15) is 0 Å². The molecule has 5 heteroatoms. The number of anilines is 1. The van der Waals surface area contributed by atoms with Crippen LogP contribution in [0.1, 0.15) is 11.1 Å². The molecule has 2 rings (SSSR count). The molecule has 0 aliphatic rings. The van der Waals surface area contributed by atoms with E-state index in [-0.39, 0.29) is 5.91 Å². The predicted molar refractivity (Wildman–Crippen MR) is 97.8 cm³/mol. The van der Waals surface area contributed by atoms with Crippen molar-refractivity contribution in [3.05, 3.63) is 62.5 Å². The second kappa shape index (κ2) is 8.01. The first-order valence-corrected chi connectivity index (χ1v) is 9.17. The molecule has 2 aromatic carbocycles. The number of hydrogen-bond acceptors (Lipinski definition) is 2.